The third-order valence-corrected chi connectivity index (χ3v) is 2.65. The zero-order valence-electron chi connectivity index (χ0n) is 9.56. The van der Waals surface area contributed by atoms with Crippen molar-refractivity contribution in [3.8, 4) is 18.2 Å². The van der Waals surface area contributed by atoms with Gasteiger partial charge in [-0.3, -0.25) is 0 Å². The number of hydrogen-bond acceptors (Lipinski definition) is 4. The molecule has 0 heterocycles. The maximum Gasteiger partial charge on any atom is 0.0991 e. The quantitative estimate of drug-likeness (QED) is 0.331. The summed E-state index contributed by atoms with van der Waals surface area (Å²) >= 11 is 0. The summed E-state index contributed by atoms with van der Waals surface area (Å²) < 4.78 is 0. The molecule has 1 aliphatic carbocycles. The Labute approximate surface area is 133 Å². The third kappa shape index (κ3) is 2.25. The molecule has 1 aromatic rings. The van der Waals surface area contributed by atoms with E-state index >= 15 is 0 Å². The van der Waals surface area contributed by atoms with Crippen molar-refractivity contribution in [3.05, 3.63) is 52.6 Å². The number of allylic oxidation sites excluding steroid dienone is 3. The zero-order chi connectivity index (χ0) is 13.3. The molecule has 0 unspecified atom stereocenters. The molecule has 0 spiro atoms. The summed E-state index contributed by atoms with van der Waals surface area (Å²) in [5.41, 5.74) is 0.831. The first-order chi connectivity index (χ1) is 8.63. The van der Waals surface area contributed by atoms with Crippen LogP contribution >= 0.6 is 0 Å². The summed E-state index contributed by atoms with van der Waals surface area (Å²) in [7, 11) is 0. The first-order valence-electron chi connectivity index (χ1n) is 4.90. The van der Waals surface area contributed by atoms with Crippen molar-refractivity contribution < 1.29 is 35.9 Å². The monoisotopic (exact) mass is 468 g/mol. The molecule has 5 heteroatoms. The van der Waals surface area contributed by atoms with E-state index in [9.17, 15) is 4.79 Å². The number of ketones is 1. The van der Waals surface area contributed by atoms with Crippen LogP contribution in [0.3, 0.4) is 0 Å². The summed E-state index contributed by atoms with van der Waals surface area (Å²) in [6.07, 6.45) is 0. The topological polar surface area (TPSA) is 88.4 Å². The van der Waals surface area contributed by atoms with Gasteiger partial charge in [0.05, 0.1) is 35.1 Å². The average Bonchev–Trinajstić information content (AvgIpc) is 2.65. The zero-order valence-corrected chi connectivity index (χ0v) is 13.7. The fraction of sp³-hybridized carbons (Fsp3) is 0. The molecule has 1 aromatic carbocycles. The molecule has 0 N–H and O–H groups in total. The van der Waals surface area contributed by atoms with E-state index in [1.165, 1.54) is 18.2 Å². The van der Waals surface area contributed by atoms with Crippen LogP contribution < -0.4 is 0 Å². The number of benzene rings is 1. The van der Waals surface area contributed by atoms with Crippen LogP contribution in [0.5, 0.6) is 0 Å². The van der Waals surface area contributed by atoms with E-state index in [0.717, 1.165) is 0 Å². The van der Waals surface area contributed by atoms with E-state index in [1.54, 1.807) is 12.1 Å². The molecule has 86 valence electrons. The van der Waals surface area contributed by atoms with Gasteiger partial charge < -0.3 is 4.79 Å². The van der Waals surface area contributed by atoms with Crippen LogP contribution in [0.2, 0.25) is 0 Å². The molecule has 0 amide bonds. The first-order valence-corrected chi connectivity index (χ1v) is 4.90. The van der Waals surface area contributed by atoms with Crippen molar-refractivity contribution >= 4 is 11.4 Å². The Morgan fingerprint density at radius 3 is 2.26 bits per heavy atom. The number of nitriles is 3. The van der Waals surface area contributed by atoms with E-state index in [0.29, 0.717) is 11.1 Å². The number of fused-ring (bicyclic) bond motifs is 1. The second-order valence-electron chi connectivity index (χ2n) is 3.59. The second-order valence-corrected chi connectivity index (χ2v) is 3.59. The van der Waals surface area contributed by atoms with Gasteiger partial charge >= 0.3 is 0 Å². The van der Waals surface area contributed by atoms with Gasteiger partial charge in [-0.2, -0.15) is 15.8 Å². The Kier molecular flexibility index (Phi) is 4.48. The molecule has 0 aromatic heterocycles. The van der Waals surface area contributed by atoms with Gasteiger partial charge in [-0.15, -0.1) is 5.57 Å². The number of carbonyl (C=O) groups is 1. The first kappa shape index (κ1) is 15.0. The van der Waals surface area contributed by atoms with Crippen molar-refractivity contribution in [1.82, 2.24) is 0 Å². The van der Waals surface area contributed by atoms with Crippen LogP contribution in [0.4, 0.5) is 0 Å². The number of nitrogens with zero attached hydrogens (tertiary/aromatic N) is 3. The van der Waals surface area contributed by atoms with Gasteiger partial charge in [0.2, 0.25) is 0 Å². The van der Waals surface area contributed by atoms with Crippen molar-refractivity contribution in [2.75, 3.05) is 0 Å². The van der Waals surface area contributed by atoms with E-state index in [4.69, 9.17) is 22.4 Å². The van der Waals surface area contributed by atoms with Crippen molar-refractivity contribution in [2.45, 2.75) is 0 Å². The van der Waals surface area contributed by atoms with Crippen LogP contribution in [0.15, 0.2) is 29.3 Å². The molecule has 19 heavy (non-hydrogen) atoms. The SMILES string of the molecule is [CH-]=C1C(=O)c2cc(C#N)ccc2C1=C(C#N)C#N.[U]. The van der Waals surface area contributed by atoms with Crippen LogP contribution in [0.1, 0.15) is 21.5 Å². The van der Waals surface area contributed by atoms with Crippen molar-refractivity contribution in [2.24, 2.45) is 0 Å². The normalized spacial score (nSPS) is 11.7. The molecule has 0 fully saturated rings. The summed E-state index contributed by atoms with van der Waals surface area (Å²) in [5, 5.41) is 26.5. The Morgan fingerprint density at radius 2 is 1.74 bits per heavy atom. The number of Topliss-reactive ketones (excluding diaryl/α,β-unsaturated/α-hetero) is 1. The smallest absolute Gasteiger partial charge is 0.0991 e. The molecule has 0 bridgehead atoms. The van der Waals surface area contributed by atoms with Gasteiger partial charge in [0.15, 0.2) is 0 Å². The maximum absolute atomic E-state index is 11.9. The fourth-order valence-electron chi connectivity index (χ4n) is 1.83. The van der Waals surface area contributed by atoms with Crippen molar-refractivity contribution in [1.29, 1.82) is 15.8 Å². The van der Waals surface area contributed by atoms with Crippen LogP contribution in [0, 0.1) is 71.7 Å². The van der Waals surface area contributed by atoms with E-state index in [2.05, 4.69) is 0 Å². The predicted molar refractivity (Wildman–Crippen MR) is 61.4 cm³/mol. The summed E-state index contributed by atoms with van der Waals surface area (Å²) in [4.78, 5) is 11.9. The van der Waals surface area contributed by atoms with Crippen molar-refractivity contribution in [3.63, 3.8) is 0 Å². The minimum atomic E-state index is -0.458. The maximum atomic E-state index is 11.9. The summed E-state index contributed by atoms with van der Waals surface area (Å²) in [6, 6.07) is 9.79. The second kappa shape index (κ2) is 5.69. The fourth-order valence-corrected chi connectivity index (χ4v) is 1.83. The molecule has 0 aliphatic heterocycles. The Bertz CT molecular complexity index is 738. The van der Waals surface area contributed by atoms with Gasteiger partial charge in [0, 0.05) is 31.1 Å². The average molecular weight is 468 g/mol. The minimum Gasteiger partial charge on any atom is -0.365 e. The Hall–Kier alpha value is -2.11. The standard InChI is InChI=1S/C14H4N3O.U/c1-8-13(10(6-16)7-17)11-3-2-9(5-15)4-12(11)14(8)18;/h1-4H;/q-1;. The molecule has 0 saturated carbocycles. The van der Waals surface area contributed by atoms with Crippen LogP contribution in [0.25, 0.3) is 5.57 Å². The van der Waals surface area contributed by atoms with E-state index < -0.39 is 5.78 Å². The molecule has 2 rings (SSSR count). The Morgan fingerprint density at radius 1 is 1.11 bits per heavy atom. The third-order valence-electron chi connectivity index (χ3n) is 2.65. The van der Waals surface area contributed by atoms with Gasteiger partial charge in [0.1, 0.15) is 0 Å². The molecular formula is C14H4N3OU-. The van der Waals surface area contributed by atoms with Gasteiger partial charge in [-0.05, 0) is 17.7 Å². The molecule has 0 radical (unpaired) electrons. The van der Waals surface area contributed by atoms with Gasteiger partial charge in [0.25, 0.3) is 0 Å². The Balaban J connectivity index is 0.00000180. The number of hydrogen-bond donors (Lipinski definition) is 0. The minimum absolute atomic E-state index is 0. The van der Waals surface area contributed by atoms with E-state index in [-0.39, 0.29) is 53.4 Å². The summed E-state index contributed by atoms with van der Waals surface area (Å²) in [6.45, 7) is 5.64. The van der Waals surface area contributed by atoms with Crippen LogP contribution in [-0.4, -0.2) is 5.78 Å². The molecule has 1 aliphatic rings. The number of rotatable bonds is 0. The largest absolute Gasteiger partial charge is 0.365 e. The number of carbonyl (C=O) groups excluding carboxylic acids is 1. The van der Waals surface area contributed by atoms with Gasteiger partial charge in [-0.25, -0.2) is 6.58 Å². The predicted octanol–water partition coefficient (Wildman–Crippen LogP) is 1.91. The molecular weight excluding hydrogens is 464 g/mol. The van der Waals surface area contributed by atoms with E-state index in [1.807, 2.05) is 6.07 Å². The summed E-state index contributed by atoms with van der Waals surface area (Å²) in [5.74, 6) is -0.458. The molecule has 0 saturated heterocycles. The van der Waals surface area contributed by atoms with Gasteiger partial charge in [-0.1, -0.05) is 17.2 Å². The molecule has 4 nitrogen and oxygen atoms in total. The van der Waals surface area contributed by atoms with Crippen LogP contribution in [-0.2, 0) is 0 Å². The molecule has 0 atom stereocenters.